The Kier molecular flexibility index (Phi) is 32.5. The molecule has 0 amide bonds. The van der Waals surface area contributed by atoms with Crippen LogP contribution in [0.5, 0.6) is 0 Å². The van der Waals surface area contributed by atoms with Gasteiger partial charge in [0.1, 0.15) is 39.6 Å². The van der Waals surface area contributed by atoms with Gasteiger partial charge in [-0.2, -0.15) is 75.8 Å². The molecule has 4 aromatic rings. The van der Waals surface area contributed by atoms with Crippen LogP contribution in [-0.2, 0) is 68.5 Å². The molecule has 21 heteroatoms. The van der Waals surface area contributed by atoms with Crippen LogP contribution in [0.15, 0.2) is 90.2 Å². The van der Waals surface area contributed by atoms with E-state index in [1.807, 2.05) is 84.9 Å². The zero-order valence-corrected chi connectivity index (χ0v) is 45.9. The SMILES string of the molecule is C=Cc1ccccc1.CCn1c2ccccc2c(=O)c2ccccc21.O=C(CCS)OCC(COCC(COC(=O)CCS)(COC(=O)CCS)COC(=O)CCS)(COC(=O)CCS)COC(=O)CCS. The Hall–Kier alpha value is -4.25. The molecule has 396 valence electrons. The molecule has 0 aliphatic heterocycles. The van der Waals surface area contributed by atoms with E-state index in [1.54, 1.807) is 0 Å². The van der Waals surface area contributed by atoms with Gasteiger partial charge >= 0.3 is 35.8 Å². The second-order valence-electron chi connectivity index (χ2n) is 16.0. The Bertz CT molecular complexity index is 2120. The molecule has 4 rings (SSSR count). The van der Waals surface area contributed by atoms with E-state index >= 15 is 0 Å². The number of ether oxygens (including phenoxy) is 7. The van der Waals surface area contributed by atoms with Gasteiger partial charge in [-0.15, -0.1) is 0 Å². The number of hydrogen-bond acceptors (Lipinski definition) is 20. The van der Waals surface area contributed by atoms with Crippen LogP contribution in [-0.4, -0.2) is 128 Å². The van der Waals surface area contributed by atoms with Crippen molar-refractivity contribution in [2.24, 2.45) is 10.8 Å². The fourth-order valence-electron chi connectivity index (χ4n) is 6.37. The highest BCUT2D eigenvalue weighted by atomic mass is 32.1. The number of pyridine rings is 1. The molecular weight excluding hydrogens is 1040 g/mol. The first-order valence-corrected chi connectivity index (χ1v) is 26.8. The normalized spacial score (nSPS) is 11.0. The van der Waals surface area contributed by atoms with Crippen LogP contribution in [0.1, 0.15) is 51.0 Å². The van der Waals surface area contributed by atoms with Gasteiger partial charge in [0.15, 0.2) is 5.43 Å². The number of fused-ring (bicyclic) bond motifs is 2. The number of thiol groups is 6. The van der Waals surface area contributed by atoms with Crippen LogP contribution in [0.3, 0.4) is 0 Å². The third-order valence-electron chi connectivity index (χ3n) is 10.2. The number of carbonyl (C=O) groups excluding carboxylic acids is 6. The maximum atomic E-state index is 12.3. The number of hydrogen-bond donors (Lipinski definition) is 6. The van der Waals surface area contributed by atoms with E-state index in [9.17, 15) is 33.6 Å². The Labute approximate surface area is 454 Å². The van der Waals surface area contributed by atoms with Crippen LogP contribution in [0, 0.1) is 10.8 Å². The minimum atomic E-state index is -1.41. The van der Waals surface area contributed by atoms with E-state index in [-0.39, 0.29) is 131 Å². The van der Waals surface area contributed by atoms with Gasteiger partial charge in [-0.25, -0.2) is 0 Å². The molecule has 3 aromatic carbocycles. The lowest BCUT2D eigenvalue weighted by Crippen LogP contribution is -2.47. The molecule has 0 spiro atoms. The van der Waals surface area contributed by atoms with Gasteiger partial charge in [0.05, 0.1) is 73.6 Å². The van der Waals surface area contributed by atoms with Gasteiger partial charge in [-0.1, -0.05) is 67.3 Å². The highest BCUT2D eigenvalue weighted by Crippen LogP contribution is 2.27. The lowest BCUT2D eigenvalue weighted by molar-refractivity contribution is -0.174. The van der Waals surface area contributed by atoms with Gasteiger partial charge in [0.2, 0.25) is 0 Å². The number of para-hydroxylation sites is 2. The van der Waals surface area contributed by atoms with Gasteiger partial charge in [-0.05, 0) is 36.8 Å². The van der Waals surface area contributed by atoms with Crippen molar-refractivity contribution in [2.75, 3.05) is 87.4 Å². The molecule has 0 bridgehead atoms. The summed E-state index contributed by atoms with van der Waals surface area (Å²) in [4.78, 5) is 86.2. The van der Waals surface area contributed by atoms with E-state index in [1.165, 1.54) is 5.56 Å². The molecule has 0 saturated heterocycles. The largest absolute Gasteiger partial charge is 0.465 e. The standard InChI is InChI=1S/C28H46O13S6.C15H13NO.C8H8/c29-21(1-7-42)36-15-27(16-37-22(30)2-8-43,17-38-23(31)3-9-44)13-35-14-28(18-39-24(32)4-10-45,19-40-25(33)5-11-46)20-41-26(34)6-12-47;1-2-16-13-9-5-3-7-11(13)15(17)12-8-4-6-10-14(12)16;1-2-8-6-4-3-5-7-8/h42-47H,1-20H2;3-10H,2H2,1H3;2-7H,1H2. The fourth-order valence-corrected chi connectivity index (χ4v) is 7.47. The molecule has 15 nitrogen and oxygen atoms in total. The Morgan fingerprint density at radius 2 is 0.736 bits per heavy atom. The van der Waals surface area contributed by atoms with E-state index in [4.69, 9.17) is 33.2 Å². The molecule has 0 radical (unpaired) electrons. The van der Waals surface area contributed by atoms with Crippen molar-refractivity contribution >= 4 is 139 Å². The molecule has 72 heavy (non-hydrogen) atoms. The van der Waals surface area contributed by atoms with Crippen LogP contribution < -0.4 is 5.43 Å². The van der Waals surface area contributed by atoms with Crippen molar-refractivity contribution < 1.29 is 61.9 Å². The molecule has 0 atom stereocenters. The number of aromatic nitrogens is 1. The first-order valence-electron chi connectivity index (χ1n) is 23.0. The van der Waals surface area contributed by atoms with Gasteiger partial charge in [0.25, 0.3) is 0 Å². The summed E-state index contributed by atoms with van der Waals surface area (Å²) in [5, 5.41) is 1.60. The van der Waals surface area contributed by atoms with Crippen LogP contribution >= 0.6 is 75.8 Å². The maximum Gasteiger partial charge on any atom is 0.306 e. The highest BCUT2D eigenvalue weighted by molar-refractivity contribution is 7.81. The monoisotopic (exact) mass is 1110 g/mol. The average Bonchev–Trinajstić information content (AvgIpc) is 3.38. The summed E-state index contributed by atoms with van der Waals surface area (Å²) >= 11 is 24.2. The summed E-state index contributed by atoms with van der Waals surface area (Å²) in [5.41, 5.74) is 0.501. The lowest BCUT2D eigenvalue weighted by Gasteiger charge is -2.35. The first-order chi connectivity index (χ1) is 34.7. The zero-order valence-electron chi connectivity index (χ0n) is 40.5. The van der Waals surface area contributed by atoms with E-state index in [0.717, 1.165) is 28.4 Å². The van der Waals surface area contributed by atoms with Crippen molar-refractivity contribution in [3.05, 3.63) is 101 Å². The molecule has 1 heterocycles. The van der Waals surface area contributed by atoms with Crippen molar-refractivity contribution in [2.45, 2.75) is 52.0 Å². The number of esters is 6. The number of carbonyl (C=O) groups is 6. The van der Waals surface area contributed by atoms with Crippen molar-refractivity contribution in [3.8, 4) is 0 Å². The molecule has 0 aliphatic rings. The van der Waals surface area contributed by atoms with Crippen LogP contribution in [0.25, 0.3) is 27.9 Å². The number of rotatable bonds is 30. The smallest absolute Gasteiger partial charge is 0.306 e. The number of nitrogens with zero attached hydrogens (tertiary/aromatic N) is 1. The van der Waals surface area contributed by atoms with E-state index in [2.05, 4.69) is 93.8 Å². The van der Waals surface area contributed by atoms with Crippen LogP contribution in [0.2, 0.25) is 0 Å². The second kappa shape index (κ2) is 36.6. The van der Waals surface area contributed by atoms with Crippen molar-refractivity contribution in [1.29, 1.82) is 0 Å². The predicted octanol–water partition coefficient (Wildman–Crippen LogP) is 7.66. The van der Waals surface area contributed by atoms with Crippen molar-refractivity contribution in [1.82, 2.24) is 4.57 Å². The Balaban J connectivity index is 0.000000562. The van der Waals surface area contributed by atoms with Gasteiger partial charge in [-0.3, -0.25) is 33.6 Å². The quantitative estimate of drug-likeness (QED) is 0.0129. The Morgan fingerprint density at radius 1 is 0.458 bits per heavy atom. The second-order valence-corrected chi connectivity index (χ2v) is 18.7. The van der Waals surface area contributed by atoms with Gasteiger partial charge in [0, 0.05) is 51.8 Å². The topological polar surface area (TPSA) is 189 Å². The summed E-state index contributed by atoms with van der Waals surface area (Å²) in [5.74, 6) is -2.37. The molecule has 0 fully saturated rings. The molecule has 0 unspecified atom stereocenters. The number of aryl methyl sites for hydroxylation is 1. The minimum Gasteiger partial charge on any atom is -0.465 e. The van der Waals surface area contributed by atoms with E-state index < -0.39 is 46.6 Å². The molecule has 1 aromatic heterocycles. The third kappa shape index (κ3) is 23.7. The molecular formula is C51H67NO14S6. The van der Waals surface area contributed by atoms with Crippen molar-refractivity contribution in [3.63, 3.8) is 0 Å². The first kappa shape index (κ1) is 63.9. The lowest BCUT2D eigenvalue weighted by atomic mass is 9.90. The average molecular weight is 1110 g/mol. The summed E-state index contributed by atoms with van der Waals surface area (Å²) in [7, 11) is 0. The Morgan fingerprint density at radius 3 is 0.986 bits per heavy atom. The molecule has 0 N–H and O–H groups in total. The van der Waals surface area contributed by atoms with Gasteiger partial charge < -0.3 is 37.7 Å². The molecule has 0 aliphatic carbocycles. The maximum absolute atomic E-state index is 12.3. The summed E-state index contributed by atoms with van der Waals surface area (Å²) < 4.78 is 40.8. The summed E-state index contributed by atoms with van der Waals surface area (Å²) in [6, 6.07) is 25.6. The van der Waals surface area contributed by atoms with Crippen LogP contribution in [0.4, 0.5) is 0 Å². The fraction of sp³-hybridized carbons (Fsp3) is 0.471. The summed E-state index contributed by atoms with van der Waals surface area (Å²) in [6.45, 7) is 3.57. The minimum absolute atomic E-state index is 0.0189. The molecule has 0 saturated carbocycles. The number of benzene rings is 3. The third-order valence-corrected chi connectivity index (χ3v) is 11.5. The summed E-state index contributed by atoms with van der Waals surface area (Å²) in [6.07, 6.45) is 1.72. The predicted molar refractivity (Wildman–Crippen MR) is 300 cm³/mol. The zero-order chi connectivity index (χ0) is 53.2. The van der Waals surface area contributed by atoms with E-state index in [0.29, 0.717) is 0 Å². The highest BCUT2D eigenvalue weighted by Gasteiger charge is 2.41.